The molecule has 3 N–H and O–H groups in total. The molecule has 1 aromatic carbocycles. The molecule has 1 saturated carbocycles. The Balaban J connectivity index is 1.98. The second-order valence-electron chi connectivity index (χ2n) is 5.50. The van der Waals surface area contributed by atoms with Crippen molar-refractivity contribution in [1.82, 2.24) is 5.32 Å². The first kappa shape index (κ1) is 15.5. The largest absolute Gasteiger partial charge is 0.386 e. The summed E-state index contributed by atoms with van der Waals surface area (Å²) in [6.45, 7) is 1.74. The first-order valence-electron chi connectivity index (χ1n) is 6.89. The van der Waals surface area contributed by atoms with Gasteiger partial charge in [-0.2, -0.15) is 0 Å². The van der Waals surface area contributed by atoms with E-state index >= 15 is 0 Å². The molecule has 1 aromatic rings. The summed E-state index contributed by atoms with van der Waals surface area (Å²) in [4.78, 5) is 12.1. The molecule has 5 heteroatoms. The second kappa shape index (κ2) is 6.24. The molecule has 0 bridgehead atoms. The SMILES string of the molecule is C[C@H](NC(=O)C1(O)CCCC1)[C@H](O)c1ccc(Br)cc1. The van der Waals surface area contributed by atoms with Crippen molar-refractivity contribution in [1.29, 1.82) is 0 Å². The number of hydrogen-bond donors (Lipinski definition) is 3. The Hall–Kier alpha value is -0.910. The van der Waals surface area contributed by atoms with Crippen LogP contribution in [0.5, 0.6) is 0 Å². The first-order chi connectivity index (χ1) is 9.42. The van der Waals surface area contributed by atoms with Gasteiger partial charge >= 0.3 is 0 Å². The van der Waals surface area contributed by atoms with Gasteiger partial charge in [-0.05, 0) is 50.3 Å². The highest BCUT2D eigenvalue weighted by Crippen LogP contribution is 2.30. The molecule has 1 amide bonds. The monoisotopic (exact) mass is 341 g/mol. The minimum Gasteiger partial charge on any atom is -0.386 e. The van der Waals surface area contributed by atoms with Crippen molar-refractivity contribution in [3.63, 3.8) is 0 Å². The average molecular weight is 342 g/mol. The summed E-state index contributed by atoms with van der Waals surface area (Å²) in [6, 6.07) is 6.85. The number of aliphatic hydroxyl groups excluding tert-OH is 1. The standard InChI is InChI=1S/C15H20BrNO3/c1-10(13(18)11-4-6-12(16)7-5-11)17-14(19)15(20)8-2-3-9-15/h4-7,10,13,18,20H,2-3,8-9H2,1H3,(H,17,19)/t10-,13-/m0/s1. The Labute approximate surface area is 127 Å². The van der Waals surface area contributed by atoms with E-state index in [0.29, 0.717) is 12.8 Å². The van der Waals surface area contributed by atoms with Crippen molar-refractivity contribution >= 4 is 21.8 Å². The molecule has 2 rings (SSSR count). The summed E-state index contributed by atoms with van der Waals surface area (Å²) in [5, 5.41) is 23.2. The van der Waals surface area contributed by atoms with E-state index < -0.39 is 17.7 Å². The number of aliphatic hydroxyl groups is 2. The summed E-state index contributed by atoms with van der Waals surface area (Å²) in [7, 11) is 0. The second-order valence-corrected chi connectivity index (χ2v) is 6.41. The van der Waals surface area contributed by atoms with Crippen LogP contribution in [-0.2, 0) is 4.79 Å². The Morgan fingerprint density at radius 2 is 1.85 bits per heavy atom. The van der Waals surface area contributed by atoms with Crippen molar-refractivity contribution < 1.29 is 15.0 Å². The normalized spacial score (nSPS) is 20.4. The average Bonchev–Trinajstić information content (AvgIpc) is 2.87. The predicted octanol–water partition coefficient (Wildman–Crippen LogP) is 2.29. The van der Waals surface area contributed by atoms with Crippen LogP contribution in [0.4, 0.5) is 0 Å². The van der Waals surface area contributed by atoms with Crippen LogP contribution in [0, 0.1) is 0 Å². The quantitative estimate of drug-likeness (QED) is 0.786. The fraction of sp³-hybridized carbons (Fsp3) is 0.533. The summed E-state index contributed by atoms with van der Waals surface area (Å²) in [5.74, 6) is -0.376. The number of hydrogen-bond acceptors (Lipinski definition) is 3. The molecule has 0 saturated heterocycles. The van der Waals surface area contributed by atoms with Crippen molar-refractivity contribution in [2.45, 2.75) is 50.4 Å². The van der Waals surface area contributed by atoms with E-state index in [1.165, 1.54) is 0 Å². The molecule has 0 radical (unpaired) electrons. The van der Waals surface area contributed by atoms with Crippen LogP contribution in [0.3, 0.4) is 0 Å². The first-order valence-corrected chi connectivity index (χ1v) is 7.68. The zero-order valence-electron chi connectivity index (χ0n) is 11.5. The van der Waals surface area contributed by atoms with Gasteiger partial charge in [0.05, 0.1) is 12.1 Å². The highest BCUT2D eigenvalue weighted by atomic mass is 79.9. The van der Waals surface area contributed by atoms with Gasteiger partial charge in [-0.15, -0.1) is 0 Å². The maximum atomic E-state index is 12.1. The van der Waals surface area contributed by atoms with Gasteiger partial charge in [0.25, 0.3) is 5.91 Å². The maximum absolute atomic E-state index is 12.1. The number of amides is 1. The van der Waals surface area contributed by atoms with Crippen molar-refractivity contribution in [3.8, 4) is 0 Å². The highest BCUT2D eigenvalue weighted by Gasteiger charge is 2.39. The fourth-order valence-corrected chi connectivity index (χ4v) is 2.82. The summed E-state index contributed by atoms with van der Waals surface area (Å²) in [5.41, 5.74) is -0.521. The van der Waals surface area contributed by atoms with Crippen molar-refractivity contribution in [2.24, 2.45) is 0 Å². The Morgan fingerprint density at radius 1 is 1.30 bits per heavy atom. The third-order valence-electron chi connectivity index (χ3n) is 3.90. The third kappa shape index (κ3) is 3.40. The van der Waals surface area contributed by atoms with Crippen LogP contribution in [0.25, 0.3) is 0 Å². The topological polar surface area (TPSA) is 69.6 Å². The van der Waals surface area contributed by atoms with Gasteiger partial charge in [0.1, 0.15) is 5.60 Å². The predicted molar refractivity (Wildman–Crippen MR) is 80.1 cm³/mol. The number of rotatable bonds is 4. The van der Waals surface area contributed by atoms with E-state index in [4.69, 9.17) is 0 Å². The van der Waals surface area contributed by atoms with E-state index in [1.54, 1.807) is 6.92 Å². The Bertz CT molecular complexity index is 469. The molecular weight excluding hydrogens is 322 g/mol. The van der Waals surface area contributed by atoms with E-state index in [0.717, 1.165) is 22.9 Å². The summed E-state index contributed by atoms with van der Waals surface area (Å²) in [6.07, 6.45) is 1.94. The lowest BCUT2D eigenvalue weighted by Gasteiger charge is -2.26. The number of halogens is 1. The molecule has 2 atom stereocenters. The molecule has 0 spiro atoms. The van der Waals surface area contributed by atoms with Crippen LogP contribution in [0.2, 0.25) is 0 Å². The molecule has 110 valence electrons. The third-order valence-corrected chi connectivity index (χ3v) is 4.43. The highest BCUT2D eigenvalue weighted by molar-refractivity contribution is 9.10. The van der Waals surface area contributed by atoms with Gasteiger partial charge in [0, 0.05) is 4.47 Å². The van der Waals surface area contributed by atoms with E-state index in [-0.39, 0.29) is 5.91 Å². The molecule has 0 heterocycles. The maximum Gasteiger partial charge on any atom is 0.252 e. The lowest BCUT2D eigenvalue weighted by Crippen LogP contribution is -2.49. The lowest BCUT2D eigenvalue weighted by molar-refractivity contribution is -0.140. The van der Waals surface area contributed by atoms with Crippen molar-refractivity contribution in [2.75, 3.05) is 0 Å². The molecule has 20 heavy (non-hydrogen) atoms. The van der Waals surface area contributed by atoms with Gasteiger partial charge in [-0.3, -0.25) is 4.79 Å². The number of nitrogens with one attached hydrogen (secondary N) is 1. The number of carbonyl (C=O) groups is 1. The fourth-order valence-electron chi connectivity index (χ4n) is 2.56. The van der Waals surface area contributed by atoms with Gasteiger partial charge in [0.2, 0.25) is 0 Å². The van der Waals surface area contributed by atoms with Crippen LogP contribution in [0.1, 0.15) is 44.3 Å². The number of benzene rings is 1. The number of carbonyl (C=O) groups excluding carboxylic acids is 1. The zero-order valence-corrected chi connectivity index (χ0v) is 13.1. The zero-order chi connectivity index (χ0) is 14.8. The molecule has 1 fully saturated rings. The summed E-state index contributed by atoms with van der Waals surface area (Å²) >= 11 is 3.34. The summed E-state index contributed by atoms with van der Waals surface area (Å²) < 4.78 is 0.936. The van der Waals surface area contributed by atoms with Crippen LogP contribution >= 0.6 is 15.9 Å². The molecule has 0 aromatic heterocycles. The molecule has 0 unspecified atom stereocenters. The Morgan fingerprint density at radius 3 is 2.40 bits per heavy atom. The van der Waals surface area contributed by atoms with Gasteiger partial charge in [-0.1, -0.05) is 28.1 Å². The van der Waals surface area contributed by atoms with Gasteiger partial charge < -0.3 is 15.5 Å². The molecule has 1 aliphatic rings. The van der Waals surface area contributed by atoms with Crippen LogP contribution in [0.15, 0.2) is 28.7 Å². The minimum absolute atomic E-state index is 0.376. The van der Waals surface area contributed by atoms with E-state index in [1.807, 2.05) is 24.3 Å². The molecule has 1 aliphatic carbocycles. The molecule has 4 nitrogen and oxygen atoms in total. The van der Waals surface area contributed by atoms with Crippen LogP contribution < -0.4 is 5.32 Å². The lowest BCUT2D eigenvalue weighted by atomic mass is 9.99. The molecular formula is C15H20BrNO3. The smallest absolute Gasteiger partial charge is 0.252 e. The Kier molecular flexibility index (Phi) is 4.83. The molecule has 0 aliphatic heterocycles. The van der Waals surface area contributed by atoms with Gasteiger partial charge in [0.15, 0.2) is 0 Å². The minimum atomic E-state index is -1.26. The van der Waals surface area contributed by atoms with E-state index in [2.05, 4.69) is 21.2 Å². The van der Waals surface area contributed by atoms with Crippen LogP contribution in [-0.4, -0.2) is 27.8 Å². The van der Waals surface area contributed by atoms with Gasteiger partial charge in [-0.25, -0.2) is 0 Å². The van der Waals surface area contributed by atoms with Crippen molar-refractivity contribution in [3.05, 3.63) is 34.3 Å². The van der Waals surface area contributed by atoms with E-state index in [9.17, 15) is 15.0 Å².